The molecule has 7 heteroatoms. The van der Waals surface area contributed by atoms with Crippen LogP contribution in [-0.2, 0) is 0 Å². The van der Waals surface area contributed by atoms with Crippen molar-refractivity contribution in [2.45, 2.75) is 10.4 Å². The number of thioether (sulfide) groups is 1. The van der Waals surface area contributed by atoms with Crippen molar-refractivity contribution in [3.8, 4) is 0 Å². The lowest BCUT2D eigenvalue weighted by Crippen LogP contribution is -1.98. The normalized spacial score (nSPS) is 11.9. The van der Waals surface area contributed by atoms with Crippen molar-refractivity contribution in [3.05, 3.63) is 27.2 Å². The van der Waals surface area contributed by atoms with Gasteiger partial charge in [0.15, 0.2) is 0 Å². The molecule has 14 heavy (non-hydrogen) atoms. The van der Waals surface area contributed by atoms with Crippen molar-refractivity contribution in [3.63, 3.8) is 0 Å². The third-order valence-corrected chi connectivity index (χ3v) is 3.09. The molecular formula is C7H2Cl3F3S. The van der Waals surface area contributed by atoms with Gasteiger partial charge in [0.25, 0.3) is 0 Å². The van der Waals surface area contributed by atoms with E-state index in [9.17, 15) is 13.2 Å². The van der Waals surface area contributed by atoms with E-state index < -0.39 is 5.51 Å². The first kappa shape index (κ1) is 12.3. The summed E-state index contributed by atoms with van der Waals surface area (Å²) in [5.74, 6) is 0. The van der Waals surface area contributed by atoms with Crippen molar-refractivity contribution in [2.24, 2.45) is 0 Å². The van der Waals surface area contributed by atoms with Crippen LogP contribution in [0.3, 0.4) is 0 Å². The summed E-state index contributed by atoms with van der Waals surface area (Å²) in [5.41, 5.74) is -4.36. The molecule has 1 rings (SSSR count). The molecule has 78 valence electrons. The van der Waals surface area contributed by atoms with Crippen LogP contribution in [0, 0.1) is 0 Å². The maximum Gasteiger partial charge on any atom is 0.446 e. The van der Waals surface area contributed by atoms with Crippen LogP contribution in [0.1, 0.15) is 0 Å². The van der Waals surface area contributed by atoms with Gasteiger partial charge < -0.3 is 0 Å². The van der Waals surface area contributed by atoms with E-state index in [-0.39, 0.29) is 31.7 Å². The molecule has 0 amide bonds. The van der Waals surface area contributed by atoms with Gasteiger partial charge in [-0.05, 0) is 23.9 Å². The second-order valence-electron chi connectivity index (χ2n) is 2.25. The number of hydrogen-bond donors (Lipinski definition) is 0. The Balaban J connectivity index is 3.02. The minimum atomic E-state index is -4.36. The average molecular weight is 282 g/mol. The van der Waals surface area contributed by atoms with Crippen LogP contribution in [0.4, 0.5) is 13.2 Å². The van der Waals surface area contributed by atoms with E-state index in [0.717, 1.165) is 12.1 Å². The summed E-state index contributed by atoms with van der Waals surface area (Å²) in [7, 11) is 0. The van der Waals surface area contributed by atoms with Gasteiger partial charge in [-0.25, -0.2) is 0 Å². The van der Waals surface area contributed by atoms with Gasteiger partial charge in [-0.2, -0.15) is 13.2 Å². The number of rotatable bonds is 1. The summed E-state index contributed by atoms with van der Waals surface area (Å²) >= 11 is 16.4. The van der Waals surface area contributed by atoms with Gasteiger partial charge in [0.2, 0.25) is 0 Å². The third-order valence-electron chi connectivity index (χ3n) is 1.19. The van der Waals surface area contributed by atoms with E-state index in [1.165, 1.54) is 0 Å². The number of benzene rings is 1. The molecule has 0 heterocycles. The summed E-state index contributed by atoms with van der Waals surface area (Å²) in [6.45, 7) is 0. The van der Waals surface area contributed by atoms with Gasteiger partial charge in [0, 0.05) is 4.90 Å². The fourth-order valence-corrected chi connectivity index (χ4v) is 2.07. The van der Waals surface area contributed by atoms with Crippen LogP contribution in [0.2, 0.25) is 15.1 Å². The molecule has 0 N–H and O–H groups in total. The summed E-state index contributed by atoms with van der Waals surface area (Å²) in [4.78, 5) is -0.0862. The number of halogens is 6. The Morgan fingerprint density at radius 1 is 1.00 bits per heavy atom. The van der Waals surface area contributed by atoms with Crippen LogP contribution < -0.4 is 0 Å². The van der Waals surface area contributed by atoms with Crippen molar-refractivity contribution < 1.29 is 13.2 Å². The van der Waals surface area contributed by atoms with Crippen molar-refractivity contribution in [2.75, 3.05) is 0 Å². The van der Waals surface area contributed by atoms with Crippen molar-refractivity contribution in [1.29, 1.82) is 0 Å². The second-order valence-corrected chi connectivity index (χ2v) is 4.58. The number of hydrogen-bond acceptors (Lipinski definition) is 1. The molecule has 0 spiro atoms. The fraction of sp³-hybridized carbons (Fsp3) is 0.143. The first-order valence-corrected chi connectivity index (χ1v) is 5.15. The highest BCUT2D eigenvalue weighted by Gasteiger charge is 2.29. The molecule has 0 aromatic heterocycles. The van der Waals surface area contributed by atoms with E-state index in [1.54, 1.807) is 0 Å². The smallest absolute Gasteiger partial charge is 0.160 e. The molecule has 0 saturated heterocycles. The Morgan fingerprint density at radius 3 is 1.79 bits per heavy atom. The van der Waals surface area contributed by atoms with Gasteiger partial charge in [-0.3, -0.25) is 0 Å². The van der Waals surface area contributed by atoms with E-state index >= 15 is 0 Å². The maximum atomic E-state index is 11.9. The summed E-state index contributed by atoms with van der Waals surface area (Å²) in [5, 5.41) is 0.0664. The van der Waals surface area contributed by atoms with Crippen LogP contribution in [0.25, 0.3) is 0 Å². The highest BCUT2D eigenvalue weighted by atomic mass is 35.5. The summed E-state index contributed by atoms with van der Waals surface area (Å²) in [6, 6.07) is 2.24. The molecule has 0 aliphatic rings. The third kappa shape index (κ3) is 3.42. The maximum absolute atomic E-state index is 11.9. The first-order valence-electron chi connectivity index (χ1n) is 3.20. The van der Waals surface area contributed by atoms with Gasteiger partial charge in [-0.15, -0.1) is 0 Å². The molecule has 1 aromatic carbocycles. The van der Waals surface area contributed by atoms with Gasteiger partial charge in [-0.1, -0.05) is 34.8 Å². The molecule has 1 aromatic rings. The predicted octanol–water partition coefficient (Wildman–Crippen LogP) is 5.26. The largest absolute Gasteiger partial charge is 0.446 e. The highest BCUT2D eigenvalue weighted by Crippen LogP contribution is 2.41. The molecule has 0 atom stereocenters. The molecule has 0 unspecified atom stereocenters. The molecule has 0 bridgehead atoms. The molecule has 0 aliphatic heterocycles. The Bertz CT molecular complexity index is 328. The van der Waals surface area contributed by atoms with Crippen LogP contribution in [-0.4, -0.2) is 5.51 Å². The summed E-state index contributed by atoms with van der Waals surface area (Å²) < 4.78 is 35.8. The van der Waals surface area contributed by atoms with Gasteiger partial charge in [0.05, 0.1) is 15.1 Å². The zero-order valence-corrected chi connectivity index (χ0v) is 9.42. The lowest BCUT2D eigenvalue weighted by molar-refractivity contribution is -0.0328. The Hall–Kier alpha value is 0.230. The fourth-order valence-electron chi connectivity index (χ4n) is 0.725. The van der Waals surface area contributed by atoms with Crippen LogP contribution >= 0.6 is 46.6 Å². The second kappa shape index (κ2) is 4.39. The van der Waals surface area contributed by atoms with E-state index in [0.29, 0.717) is 0 Å². The van der Waals surface area contributed by atoms with E-state index in [4.69, 9.17) is 34.8 Å². The molecule has 0 aliphatic carbocycles. The monoisotopic (exact) mass is 280 g/mol. The molecule has 0 fully saturated rings. The highest BCUT2D eigenvalue weighted by molar-refractivity contribution is 8.00. The molecular weight excluding hydrogens is 279 g/mol. The minimum Gasteiger partial charge on any atom is -0.160 e. The van der Waals surface area contributed by atoms with Crippen LogP contribution in [0.15, 0.2) is 17.0 Å². The molecule has 0 nitrogen and oxygen atoms in total. The molecule has 0 radical (unpaired) electrons. The standard InChI is InChI=1S/C7H2Cl3F3S/c8-4-1-3(14-7(11,12)13)2-5(9)6(4)10/h1-2H. The zero-order chi connectivity index (χ0) is 10.9. The SMILES string of the molecule is FC(F)(F)Sc1cc(Cl)c(Cl)c(Cl)c1. The first-order chi connectivity index (χ1) is 6.29. The Labute approximate surface area is 97.3 Å². The molecule has 0 saturated carbocycles. The average Bonchev–Trinajstić information content (AvgIpc) is 1.96. The van der Waals surface area contributed by atoms with Gasteiger partial charge >= 0.3 is 5.51 Å². The van der Waals surface area contributed by atoms with E-state index in [1.807, 2.05) is 0 Å². The minimum absolute atomic E-state index is 0.00548. The summed E-state index contributed by atoms with van der Waals surface area (Å²) in [6.07, 6.45) is 0. The predicted molar refractivity (Wildman–Crippen MR) is 53.4 cm³/mol. The lowest BCUT2D eigenvalue weighted by atomic mass is 10.4. The lowest BCUT2D eigenvalue weighted by Gasteiger charge is -2.07. The Kier molecular flexibility index (Phi) is 3.86. The van der Waals surface area contributed by atoms with Crippen molar-refractivity contribution >= 4 is 46.6 Å². The topological polar surface area (TPSA) is 0 Å². The Morgan fingerprint density at radius 2 is 1.43 bits per heavy atom. The van der Waals surface area contributed by atoms with Crippen LogP contribution in [0.5, 0.6) is 0 Å². The quantitative estimate of drug-likeness (QED) is 0.500. The van der Waals surface area contributed by atoms with E-state index in [2.05, 4.69) is 0 Å². The van der Waals surface area contributed by atoms with Crippen molar-refractivity contribution in [1.82, 2.24) is 0 Å². The zero-order valence-electron chi connectivity index (χ0n) is 6.33. The number of alkyl halides is 3. The van der Waals surface area contributed by atoms with Gasteiger partial charge in [0.1, 0.15) is 0 Å².